The zero-order chi connectivity index (χ0) is 16.5. The molecule has 0 saturated carbocycles. The Morgan fingerprint density at radius 3 is 2.50 bits per heavy atom. The largest absolute Gasteiger partial charge is 0.449 e. The lowest BCUT2D eigenvalue weighted by molar-refractivity contribution is -0.148. The van der Waals surface area contributed by atoms with Gasteiger partial charge in [0.1, 0.15) is 0 Å². The van der Waals surface area contributed by atoms with E-state index in [9.17, 15) is 14.4 Å². The highest BCUT2D eigenvalue weighted by atomic mass is 16.5. The lowest BCUT2D eigenvalue weighted by atomic mass is 10.1. The number of ketones is 1. The van der Waals surface area contributed by atoms with Crippen LogP contribution < -0.4 is 5.32 Å². The van der Waals surface area contributed by atoms with Gasteiger partial charge in [0, 0.05) is 11.6 Å². The highest BCUT2D eigenvalue weighted by Gasteiger charge is 2.18. The van der Waals surface area contributed by atoms with Gasteiger partial charge in [-0.2, -0.15) is 0 Å². The topological polar surface area (TPSA) is 72.5 Å². The van der Waals surface area contributed by atoms with E-state index in [1.807, 2.05) is 6.92 Å². The predicted octanol–water partition coefficient (Wildman–Crippen LogP) is 2.89. The summed E-state index contributed by atoms with van der Waals surface area (Å²) >= 11 is 0. The Morgan fingerprint density at radius 2 is 1.86 bits per heavy atom. The van der Waals surface area contributed by atoms with Crippen LogP contribution in [0.1, 0.15) is 31.1 Å². The summed E-state index contributed by atoms with van der Waals surface area (Å²) < 4.78 is 4.97. The molecule has 1 N–H and O–H groups in total. The van der Waals surface area contributed by atoms with Crippen molar-refractivity contribution < 1.29 is 19.1 Å². The van der Waals surface area contributed by atoms with Crippen molar-refractivity contribution in [3.63, 3.8) is 0 Å². The Labute approximate surface area is 129 Å². The second kappa shape index (κ2) is 8.56. The SMILES string of the molecule is C/C=C/C=C/C(=O)OC(C)C(=O)Nc1ccccc1C(C)=O. The van der Waals surface area contributed by atoms with E-state index < -0.39 is 18.0 Å². The van der Waals surface area contributed by atoms with E-state index in [0.29, 0.717) is 11.3 Å². The van der Waals surface area contributed by atoms with Gasteiger partial charge in [-0.05, 0) is 32.9 Å². The average molecular weight is 301 g/mol. The molecule has 22 heavy (non-hydrogen) atoms. The molecule has 0 aliphatic heterocycles. The molecule has 1 aromatic carbocycles. The number of nitrogens with one attached hydrogen (secondary N) is 1. The minimum atomic E-state index is -0.970. The maximum absolute atomic E-state index is 12.0. The van der Waals surface area contributed by atoms with Gasteiger partial charge in [-0.1, -0.05) is 30.4 Å². The summed E-state index contributed by atoms with van der Waals surface area (Å²) in [6.07, 6.45) is 5.22. The molecule has 0 fully saturated rings. The highest BCUT2D eigenvalue weighted by Crippen LogP contribution is 2.16. The van der Waals surface area contributed by atoms with Crippen LogP contribution in [-0.4, -0.2) is 23.8 Å². The minimum Gasteiger partial charge on any atom is -0.449 e. The van der Waals surface area contributed by atoms with Gasteiger partial charge in [-0.3, -0.25) is 9.59 Å². The Balaban J connectivity index is 2.69. The Hall–Kier alpha value is -2.69. The first kappa shape index (κ1) is 17.4. The first-order valence-corrected chi connectivity index (χ1v) is 6.86. The molecule has 0 aliphatic rings. The Bertz CT molecular complexity index is 617. The van der Waals surface area contributed by atoms with Gasteiger partial charge in [0.05, 0.1) is 5.69 Å². The molecule has 0 aliphatic carbocycles. The molecule has 5 heteroatoms. The molecule has 5 nitrogen and oxygen atoms in total. The number of hydrogen-bond acceptors (Lipinski definition) is 4. The van der Waals surface area contributed by atoms with Crippen molar-refractivity contribution in [1.29, 1.82) is 0 Å². The Morgan fingerprint density at radius 1 is 1.18 bits per heavy atom. The summed E-state index contributed by atoms with van der Waals surface area (Å²) in [7, 11) is 0. The van der Waals surface area contributed by atoms with Crippen LogP contribution in [0.25, 0.3) is 0 Å². The monoisotopic (exact) mass is 301 g/mol. The number of ether oxygens (including phenoxy) is 1. The number of anilines is 1. The first-order chi connectivity index (χ1) is 10.5. The van der Waals surface area contributed by atoms with Gasteiger partial charge < -0.3 is 10.1 Å². The molecule has 1 atom stereocenters. The van der Waals surface area contributed by atoms with Crippen molar-refractivity contribution >= 4 is 23.3 Å². The molecule has 0 aromatic heterocycles. The van der Waals surface area contributed by atoms with E-state index >= 15 is 0 Å². The van der Waals surface area contributed by atoms with Gasteiger partial charge in [-0.25, -0.2) is 4.79 Å². The number of Topliss-reactive ketones (excluding diaryl/α,β-unsaturated/α-hetero) is 1. The van der Waals surface area contributed by atoms with Crippen molar-refractivity contribution in [3.8, 4) is 0 Å². The summed E-state index contributed by atoms with van der Waals surface area (Å²) in [6, 6.07) is 6.66. The van der Waals surface area contributed by atoms with Crippen molar-refractivity contribution in [2.45, 2.75) is 26.9 Å². The molecular formula is C17H19NO4. The first-order valence-electron chi connectivity index (χ1n) is 6.86. The number of allylic oxidation sites excluding steroid dienone is 3. The van der Waals surface area contributed by atoms with Crippen molar-refractivity contribution in [3.05, 3.63) is 54.1 Å². The van der Waals surface area contributed by atoms with Crippen LogP contribution in [0.15, 0.2) is 48.6 Å². The fourth-order valence-corrected chi connectivity index (χ4v) is 1.65. The van der Waals surface area contributed by atoms with Crippen LogP contribution in [0.4, 0.5) is 5.69 Å². The molecule has 0 heterocycles. The van der Waals surface area contributed by atoms with Gasteiger partial charge in [0.2, 0.25) is 0 Å². The smallest absolute Gasteiger partial charge is 0.331 e. The third-order valence-corrected chi connectivity index (χ3v) is 2.76. The molecule has 116 valence electrons. The van der Waals surface area contributed by atoms with Gasteiger partial charge in [-0.15, -0.1) is 0 Å². The van der Waals surface area contributed by atoms with E-state index in [4.69, 9.17) is 4.74 Å². The maximum Gasteiger partial charge on any atom is 0.331 e. The summed E-state index contributed by atoms with van der Waals surface area (Å²) in [5.74, 6) is -1.27. The molecule has 1 amide bonds. The third kappa shape index (κ3) is 5.36. The molecule has 0 saturated heterocycles. The van der Waals surface area contributed by atoms with Crippen LogP contribution in [0.5, 0.6) is 0 Å². The fraction of sp³-hybridized carbons (Fsp3) is 0.235. The number of carbonyl (C=O) groups is 3. The van der Waals surface area contributed by atoms with Crippen molar-refractivity contribution in [2.24, 2.45) is 0 Å². The van der Waals surface area contributed by atoms with E-state index in [2.05, 4.69) is 5.32 Å². The lowest BCUT2D eigenvalue weighted by Crippen LogP contribution is -2.30. The quantitative estimate of drug-likeness (QED) is 0.379. The molecule has 1 aromatic rings. The number of amides is 1. The predicted molar refractivity (Wildman–Crippen MR) is 84.6 cm³/mol. The minimum absolute atomic E-state index is 0.158. The molecule has 0 spiro atoms. The van der Waals surface area contributed by atoms with Crippen LogP contribution in [0.3, 0.4) is 0 Å². The molecule has 0 bridgehead atoms. The van der Waals surface area contributed by atoms with E-state index in [1.165, 1.54) is 26.0 Å². The van der Waals surface area contributed by atoms with E-state index in [1.54, 1.807) is 36.4 Å². The zero-order valence-corrected chi connectivity index (χ0v) is 12.8. The van der Waals surface area contributed by atoms with E-state index in [0.717, 1.165) is 0 Å². The number of benzene rings is 1. The van der Waals surface area contributed by atoms with Gasteiger partial charge in [0.25, 0.3) is 5.91 Å². The molecular weight excluding hydrogens is 282 g/mol. The highest BCUT2D eigenvalue weighted by molar-refractivity contribution is 6.04. The van der Waals surface area contributed by atoms with Gasteiger partial charge in [0.15, 0.2) is 11.9 Å². The second-order valence-electron chi connectivity index (χ2n) is 4.56. The molecule has 0 radical (unpaired) electrons. The number of hydrogen-bond donors (Lipinski definition) is 1. The van der Waals surface area contributed by atoms with Crippen LogP contribution in [0.2, 0.25) is 0 Å². The van der Waals surface area contributed by atoms with Crippen molar-refractivity contribution in [2.75, 3.05) is 5.32 Å². The second-order valence-corrected chi connectivity index (χ2v) is 4.56. The number of carbonyl (C=O) groups excluding carboxylic acids is 3. The zero-order valence-electron chi connectivity index (χ0n) is 12.8. The number of esters is 1. The summed E-state index contributed by atoms with van der Waals surface area (Å²) in [5.41, 5.74) is 0.801. The Kier molecular flexibility index (Phi) is 6.76. The fourth-order valence-electron chi connectivity index (χ4n) is 1.65. The summed E-state index contributed by atoms with van der Waals surface area (Å²) in [4.78, 5) is 35.0. The molecule has 1 unspecified atom stereocenters. The normalized spacial score (nSPS) is 12.3. The van der Waals surface area contributed by atoms with Crippen molar-refractivity contribution in [1.82, 2.24) is 0 Å². The number of para-hydroxylation sites is 1. The summed E-state index contributed by atoms with van der Waals surface area (Å²) in [6.45, 7) is 4.70. The molecule has 1 rings (SSSR count). The maximum atomic E-state index is 12.0. The van der Waals surface area contributed by atoms with Crippen LogP contribution >= 0.6 is 0 Å². The standard InChI is InChI=1S/C17H19NO4/c1-4-5-6-11-16(20)22-13(3)17(21)18-15-10-8-7-9-14(15)12(2)19/h4-11,13H,1-3H3,(H,18,21)/b5-4+,11-6+. The third-order valence-electron chi connectivity index (χ3n) is 2.76. The van der Waals surface area contributed by atoms with Gasteiger partial charge >= 0.3 is 5.97 Å². The van der Waals surface area contributed by atoms with Crippen LogP contribution in [-0.2, 0) is 14.3 Å². The van der Waals surface area contributed by atoms with E-state index in [-0.39, 0.29) is 5.78 Å². The average Bonchev–Trinajstić information content (AvgIpc) is 2.47. The summed E-state index contributed by atoms with van der Waals surface area (Å²) in [5, 5.41) is 2.59. The number of rotatable bonds is 6. The lowest BCUT2D eigenvalue weighted by Gasteiger charge is -2.14. The van der Waals surface area contributed by atoms with Crippen LogP contribution in [0, 0.1) is 0 Å².